The maximum absolute atomic E-state index is 12.3. The first-order valence-electron chi connectivity index (χ1n) is 7.17. The van der Waals surface area contributed by atoms with Gasteiger partial charge in [-0.1, -0.05) is 12.1 Å². The maximum Gasteiger partial charge on any atom is 0.398 e. The number of anilines is 1. The van der Waals surface area contributed by atoms with Crippen LogP contribution in [-0.4, -0.2) is 50.3 Å². The molecule has 0 radical (unpaired) electrons. The Hall–Kier alpha value is -1.42. The van der Waals surface area contributed by atoms with Crippen molar-refractivity contribution in [2.24, 2.45) is 0 Å². The summed E-state index contributed by atoms with van der Waals surface area (Å²) in [5.41, 5.74) is 0.431. The molecule has 1 aromatic rings. The van der Waals surface area contributed by atoms with E-state index in [0.717, 1.165) is 0 Å². The summed E-state index contributed by atoms with van der Waals surface area (Å²) in [6, 6.07) is 6.00. The van der Waals surface area contributed by atoms with Gasteiger partial charge in [0.05, 0.1) is 23.8 Å². The van der Waals surface area contributed by atoms with E-state index in [2.05, 4.69) is 10.6 Å². The Morgan fingerprint density at radius 3 is 2.62 bits per heavy atom. The first kappa shape index (κ1) is 18.9. The average molecular weight is 382 g/mol. The molecule has 1 saturated heterocycles. The summed E-state index contributed by atoms with van der Waals surface area (Å²) < 4.78 is 59.6. The fourth-order valence-electron chi connectivity index (χ4n) is 2.26. The molecule has 1 heterocycles. The molecule has 0 aromatic heterocycles. The Kier molecular flexibility index (Phi) is 6.02. The molecule has 1 amide bonds. The number of carbonyl (C=O) groups excluding carboxylic acids is 1. The number of thioether (sulfide) groups is 1. The van der Waals surface area contributed by atoms with Crippen LogP contribution in [-0.2, 0) is 14.6 Å². The molecule has 10 heteroatoms. The minimum atomic E-state index is -4.27. The van der Waals surface area contributed by atoms with E-state index in [1.165, 1.54) is 0 Å². The van der Waals surface area contributed by atoms with E-state index in [4.69, 9.17) is 0 Å². The van der Waals surface area contributed by atoms with Gasteiger partial charge in [0.25, 0.3) is 0 Å². The number of sulfone groups is 1. The van der Waals surface area contributed by atoms with Crippen molar-refractivity contribution in [1.82, 2.24) is 5.32 Å². The third kappa shape index (κ3) is 6.23. The summed E-state index contributed by atoms with van der Waals surface area (Å²) >= 11 is 0.640. The monoisotopic (exact) mass is 382 g/mol. The van der Waals surface area contributed by atoms with Gasteiger partial charge in [0, 0.05) is 16.6 Å². The third-order valence-corrected chi connectivity index (χ3v) is 6.22. The van der Waals surface area contributed by atoms with Gasteiger partial charge < -0.3 is 10.6 Å². The molecular weight excluding hydrogens is 365 g/mol. The molecule has 0 saturated carbocycles. The van der Waals surface area contributed by atoms with E-state index in [1.807, 2.05) is 0 Å². The lowest BCUT2D eigenvalue weighted by Gasteiger charge is -2.14. The van der Waals surface area contributed by atoms with Crippen molar-refractivity contribution in [2.45, 2.75) is 23.5 Å². The molecule has 1 aliphatic heterocycles. The molecule has 24 heavy (non-hydrogen) atoms. The van der Waals surface area contributed by atoms with Crippen LogP contribution in [0.1, 0.15) is 6.42 Å². The molecular formula is C14H17F3N2O3S2. The zero-order valence-corrected chi connectivity index (χ0v) is 14.2. The van der Waals surface area contributed by atoms with Crippen LogP contribution in [0, 0.1) is 0 Å². The second kappa shape index (κ2) is 7.64. The number of amides is 1. The van der Waals surface area contributed by atoms with Gasteiger partial charge in [0.1, 0.15) is 0 Å². The number of hydrogen-bond acceptors (Lipinski definition) is 5. The largest absolute Gasteiger partial charge is 0.398 e. The smallest absolute Gasteiger partial charge is 0.375 e. The standard InChI is InChI=1S/C14H17F3N2O3S2/c15-14(16,17)9-23-12-4-2-1-3-11(12)18-7-13(20)19-10-5-6-24(21,22)8-10/h1-4,10,18H,5-9H2,(H,19,20). The van der Waals surface area contributed by atoms with E-state index >= 15 is 0 Å². The number of benzene rings is 1. The van der Waals surface area contributed by atoms with Crippen molar-refractivity contribution < 1.29 is 26.4 Å². The van der Waals surface area contributed by atoms with Crippen molar-refractivity contribution in [3.63, 3.8) is 0 Å². The summed E-state index contributed by atoms with van der Waals surface area (Å²) in [7, 11) is -3.08. The van der Waals surface area contributed by atoms with Gasteiger partial charge in [-0.2, -0.15) is 13.2 Å². The molecule has 0 bridgehead atoms. The number of hydrogen-bond donors (Lipinski definition) is 2. The van der Waals surface area contributed by atoms with Crippen molar-refractivity contribution in [2.75, 3.05) is 29.1 Å². The summed E-state index contributed by atoms with van der Waals surface area (Å²) in [5.74, 6) is -1.43. The lowest BCUT2D eigenvalue weighted by Crippen LogP contribution is -2.39. The molecule has 2 rings (SSSR count). The lowest BCUT2D eigenvalue weighted by molar-refractivity contribution is -0.120. The second-order valence-electron chi connectivity index (χ2n) is 5.42. The van der Waals surface area contributed by atoms with Crippen LogP contribution in [0.25, 0.3) is 0 Å². The Morgan fingerprint density at radius 1 is 1.29 bits per heavy atom. The van der Waals surface area contributed by atoms with E-state index in [0.29, 0.717) is 28.8 Å². The van der Waals surface area contributed by atoms with Gasteiger partial charge in [0.15, 0.2) is 9.84 Å². The van der Waals surface area contributed by atoms with E-state index in [-0.39, 0.29) is 18.1 Å². The van der Waals surface area contributed by atoms with Crippen LogP contribution >= 0.6 is 11.8 Å². The van der Waals surface area contributed by atoms with Gasteiger partial charge in [-0.05, 0) is 18.6 Å². The molecule has 1 aromatic carbocycles. The topological polar surface area (TPSA) is 75.3 Å². The molecule has 1 unspecified atom stereocenters. The Bertz CT molecular complexity index is 693. The van der Waals surface area contributed by atoms with Crippen LogP contribution in [0.3, 0.4) is 0 Å². The van der Waals surface area contributed by atoms with Crippen LogP contribution in [0.15, 0.2) is 29.2 Å². The predicted molar refractivity (Wildman–Crippen MR) is 86.9 cm³/mol. The van der Waals surface area contributed by atoms with Crippen LogP contribution in [0.5, 0.6) is 0 Å². The van der Waals surface area contributed by atoms with Gasteiger partial charge >= 0.3 is 6.18 Å². The van der Waals surface area contributed by atoms with Gasteiger partial charge in [-0.3, -0.25) is 4.79 Å². The van der Waals surface area contributed by atoms with Gasteiger partial charge in [-0.25, -0.2) is 8.42 Å². The number of para-hydroxylation sites is 1. The molecule has 2 N–H and O–H groups in total. The number of alkyl halides is 3. The van der Waals surface area contributed by atoms with Crippen molar-refractivity contribution >= 4 is 33.2 Å². The minimum absolute atomic E-state index is 0.0578. The van der Waals surface area contributed by atoms with Gasteiger partial charge in [-0.15, -0.1) is 11.8 Å². The number of halogens is 3. The highest BCUT2D eigenvalue weighted by atomic mass is 32.2. The Balaban J connectivity index is 1.86. The van der Waals surface area contributed by atoms with Gasteiger partial charge in [0.2, 0.25) is 5.91 Å². The highest BCUT2D eigenvalue weighted by Gasteiger charge is 2.29. The first-order valence-corrected chi connectivity index (χ1v) is 9.97. The maximum atomic E-state index is 12.3. The fraction of sp³-hybridized carbons (Fsp3) is 0.500. The Labute approximate surface area is 142 Å². The third-order valence-electron chi connectivity index (χ3n) is 3.32. The average Bonchev–Trinajstić information content (AvgIpc) is 2.82. The molecule has 134 valence electrons. The number of rotatable bonds is 6. The highest BCUT2D eigenvalue weighted by molar-refractivity contribution is 7.99. The highest BCUT2D eigenvalue weighted by Crippen LogP contribution is 2.31. The van der Waals surface area contributed by atoms with Crippen molar-refractivity contribution in [3.05, 3.63) is 24.3 Å². The van der Waals surface area contributed by atoms with Crippen LogP contribution < -0.4 is 10.6 Å². The van der Waals surface area contributed by atoms with E-state index in [1.54, 1.807) is 24.3 Å². The second-order valence-corrected chi connectivity index (χ2v) is 8.67. The molecule has 1 fully saturated rings. The SMILES string of the molecule is O=C(CNc1ccccc1SCC(F)(F)F)NC1CCS(=O)(=O)C1. The molecule has 0 aliphatic carbocycles. The van der Waals surface area contributed by atoms with Crippen LogP contribution in [0.4, 0.5) is 18.9 Å². The van der Waals surface area contributed by atoms with E-state index < -0.39 is 33.7 Å². The first-order chi connectivity index (χ1) is 11.1. The van der Waals surface area contributed by atoms with Crippen molar-refractivity contribution in [1.29, 1.82) is 0 Å². The molecule has 5 nitrogen and oxygen atoms in total. The fourth-order valence-corrected chi connectivity index (χ4v) is 4.72. The van der Waals surface area contributed by atoms with E-state index in [9.17, 15) is 26.4 Å². The van der Waals surface area contributed by atoms with Crippen LogP contribution in [0.2, 0.25) is 0 Å². The molecule has 1 aliphatic rings. The summed E-state index contributed by atoms with van der Waals surface area (Å²) in [5, 5.41) is 5.41. The number of nitrogens with one attached hydrogen (secondary N) is 2. The zero-order chi connectivity index (χ0) is 17.8. The summed E-state index contributed by atoms with van der Waals surface area (Å²) in [4.78, 5) is 12.3. The summed E-state index contributed by atoms with van der Waals surface area (Å²) in [6.07, 6.45) is -3.89. The minimum Gasteiger partial charge on any atom is -0.375 e. The predicted octanol–water partition coefficient (Wildman–Crippen LogP) is 2.06. The van der Waals surface area contributed by atoms with Crippen molar-refractivity contribution in [3.8, 4) is 0 Å². The lowest BCUT2D eigenvalue weighted by atomic mass is 10.2. The Morgan fingerprint density at radius 2 is 2.00 bits per heavy atom. The quantitative estimate of drug-likeness (QED) is 0.737. The zero-order valence-electron chi connectivity index (χ0n) is 12.6. The summed E-state index contributed by atoms with van der Waals surface area (Å²) in [6.45, 7) is -0.139. The molecule has 0 spiro atoms. The normalized spacial score (nSPS) is 19.9. The molecule has 1 atom stereocenters. The number of carbonyl (C=O) groups is 1.